The van der Waals surface area contributed by atoms with Crippen LogP contribution in [0.4, 0.5) is 11.4 Å². The fourth-order valence-electron chi connectivity index (χ4n) is 1.57. The van der Waals surface area contributed by atoms with E-state index < -0.39 is 11.0 Å². The molecular weight excluding hydrogens is 218 g/mol. The van der Waals surface area contributed by atoms with Gasteiger partial charge in [0.2, 0.25) is 0 Å². The van der Waals surface area contributed by atoms with Crippen molar-refractivity contribution < 1.29 is 4.21 Å². The summed E-state index contributed by atoms with van der Waals surface area (Å²) in [5, 5.41) is 0. The predicted octanol–water partition coefficient (Wildman–Crippen LogP) is 3.12. The van der Waals surface area contributed by atoms with Crippen molar-refractivity contribution in [1.82, 2.24) is 0 Å². The van der Waals surface area contributed by atoms with Crippen LogP contribution >= 0.6 is 0 Å². The Labute approximate surface area is 98.1 Å². The summed E-state index contributed by atoms with van der Waals surface area (Å²) in [6.07, 6.45) is 1.68. The Bertz CT molecular complexity index is 430. The molecule has 2 aromatic rings. The molecule has 2 nitrogen and oxygen atoms in total. The molecular formula is C13H13NOS. The largest absolute Gasteiger partial charge is 0.260 e. The van der Waals surface area contributed by atoms with Crippen molar-refractivity contribution in [1.29, 1.82) is 0 Å². The van der Waals surface area contributed by atoms with Crippen molar-refractivity contribution in [2.75, 3.05) is 10.6 Å². The number of para-hydroxylation sites is 2. The van der Waals surface area contributed by atoms with E-state index in [0.29, 0.717) is 0 Å². The summed E-state index contributed by atoms with van der Waals surface area (Å²) in [4.78, 5) is 0. The van der Waals surface area contributed by atoms with Crippen LogP contribution < -0.4 is 4.31 Å². The van der Waals surface area contributed by atoms with Gasteiger partial charge < -0.3 is 0 Å². The number of hydrogen-bond donors (Lipinski definition) is 0. The number of anilines is 2. The Balaban J connectivity index is 2.44. The molecule has 0 saturated carbocycles. The maximum atomic E-state index is 11.8. The number of rotatable bonds is 3. The van der Waals surface area contributed by atoms with Crippen molar-refractivity contribution in [3.05, 3.63) is 60.7 Å². The summed E-state index contributed by atoms with van der Waals surface area (Å²) in [6.45, 7) is 0. The van der Waals surface area contributed by atoms with E-state index in [1.54, 1.807) is 10.6 Å². The topological polar surface area (TPSA) is 20.3 Å². The normalized spacial score (nSPS) is 12.1. The highest BCUT2D eigenvalue weighted by Crippen LogP contribution is 2.25. The Morgan fingerprint density at radius 1 is 0.812 bits per heavy atom. The zero-order valence-electron chi connectivity index (χ0n) is 9.04. The highest BCUT2D eigenvalue weighted by atomic mass is 32.2. The highest BCUT2D eigenvalue weighted by molar-refractivity contribution is 7.86. The zero-order chi connectivity index (χ0) is 11.4. The number of hydrogen-bond acceptors (Lipinski definition) is 1. The lowest BCUT2D eigenvalue weighted by atomic mass is 10.3. The van der Waals surface area contributed by atoms with Crippen molar-refractivity contribution in [2.24, 2.45) is 0 Å². The van der Waals surface area contributed by atoms with Gasteiger partial charge in [0.05, 0.1) is 11.4 Å². The number of nitrogens with zero attached hydrogens (tertiary/aromatic N) is 1. The van der Waals surface area contributed by atoms with Crippen LogP contribution in [0.15, 0.2) is 60.7 Å². The molecule has 2 aromatic carbocycles. The first-order chi connectivity index (χ1) is 7.79. The van der Waals surface area contributed by atoms with Crippen LogP contribution in [0.2, 0.25) is 0 Å². The maximum Gasteiger partial charge on any atom is 0.121 e. The van der Waals surface area contributed by atoms with Crippen molar-refractivity contribution in [2.45, 2.75) is 0 Å². The molecule has 0 aliphatic carbocycles. The zero-order valence-corrected chi connectivity index (χ0v) is 9.85. The molecule has 0 aliphatic heterocycles. The smallest absolute Gasteiger partial charge is 0.121 e. The summed E-state index contributed by atoms with van der Waals surface area (Å²) >= 11 is 0. The molecule has 0 aliphatic rings. The lowest BCUT2D eigenvalue weighted by molar-refractivity contribution is 0.687. The van der Waals surface area contributed by atoms with Crippen LogP contribution in [-0.4, -0.2) is 10.5 Å². The maximum absolute atomic E-state index is 11.8. The quantitative estimate of drug-likeness (QED) is 0.794. The van der Waals surface area contributed by atoms with Crippen LogP contribution in [0.25, 0.3) is 0 Å². The molecule has 2 rings (SSSR count). The van der Waals surface area contributed by atoms with E-state index in [1.807, 2.05) is 60.7 Å². The van der Waals surface area contributed by atoms with Crippen LogP contribution in [-0.2, 0) is 11.0 Å². The van der Waals surface area contributed by atoms with Gasteiger partial charge in [0.1, 0.15) is 11.0 Å². The molecule has 0 bridgehead atoms. The van der Waals surface area contributed by atoms with Crippen molar-refractivity contribution in [3.63, 3.8) is 0 Å². The second-order valence-corrected chi connectivity index (χ2v) is 4.60. The Morgan fingerprint density at radius 3 is 1.50 bits per heavy atom. The molecule has 3 heteroatoms. The minimum Gasteiger partial charge on any atom is -0.260 e. The van der Waals surface area contributed by atoms with Gasteiger partial charge in [0.15, 0.2) is 0 Å². The van der Waals surface area contributed by atoms with Gasteiger partial charge in [0.25, 0.3) is 0 Å². The molecule has 0 radical (unpaired) electrons. The van der Waals surface area contributed by atoms with E-state index >= 15 is 0 Å². The minimum absolute atomic E-state index is 0.939. The third kappa shape index (κ3) is 2.31. The molecule has 16 heavy (non-hydrogen) atoms. The SMILES string of the molecule is CS(=O)N(c1ccccc1)c1ccccc1. The molecule has 0 spiro atoms. The molecule has 0 saturated heterocycles. The van der Waals surface area contributed by atoms with Gasteiger partial charge in [-0.25, -0.2) is 4.21 Å². The van der Waals surface area contributed by atoms with Crippen molar-refractivity contribution >= 4 is 22.4 Å². The van der Waals surface area contributed by atoms with Crippen molar-refractivity contribution in [3.8, 4) is 0 Å². The van der Waals surface area contributed by atoms with Gasteiger partial charge in [-0.05, 0) is 24.3 Å². The highest BCUT2D eigenvalue weighted by Gasteiger charge is 2.11. The average molecular weight is 231 g/mol. The van der Waals surface area contributed by atoms with E-state index in [-0.39, 0.29) is 0 Å². The molecule has 82 valence electrons. The second-order valence-electron chi connectivity index (χ2n) is 3.39. The van der Waals surface area contributed by atoms with E-state index in [9.17, 15) is 4.21 Å². The Hall–Kier alpha value is -1.61. The third-order valence-electron chi connectivity index (χ3n) is 2.24. The lowest BCUT2D eigenvalue weighted by Crippen LogP contribution is -2.18. The van der Waals surface area contributed by atoms with Crippen LogP contribution in [0.3, 0.4) is 0 Å². The fourth-order valence-corrected chi connectivity index (χ4v) is 2.41. The lowest BCUT2D eigenvalue weighted by Gasteiger charge is -2.21. The molecule has 0 N–H and O–H groups in total. The van der Waals surface area contributed by atoms with E-state index in [0.717, 1.165) is 11.4 Å². The summed E-state index contributed by atoms with van der Waals surface area (Å²) in [7, 11) is -1.07. The fraction of sp³-hybridized carbons (Fsp3) is 0.0769. The molecule has 0 fully saturated rings. The van der Waals surface area contributed by atoms with E-state index in [4.69, 9.17) is 0 Å². The standard InChI is InChI=1S/C13H13NOS/c1-16(15)14(12-8-4-2-5-9-12)13-10-6-3-7-11-13/h2-11H,1H3. The summed E-state index contributed by atoms with van der Waals surface area (Å²) in [5.41, 5.74) is 1.88. The summed E-state index contributed by atoms with van der Waals surface area (Å²) in [5.74, 6) is 0. The third-order valence-corrected chi connectivity index (χ3v) is 3.17. The molecule has 0 aromatic heterocycles. The molecule has 1 unspecified atom stereocenters. The summed E-state index contributed by atoms with van der Waals surface area (Å²) < 4.78 is 13.6. The van der Waals surface area contributed by atoms with Crippen LogP contribution in [0.5, 0.6) is 0 Å². The molecule has 1 atom stereocenters. The predicted molar refractivity (Wildman–Crippen MR) is 69.1 cm³/mol. The molecule has 0 amide bonds. The van der Waals surface area contributed by atoms with E-state index in [1.165, 1.54) is 0 Å². The number of benzene rings is 2. The van der Waals surface area contributed by atoms with E-state index in [2.05, 4.69) is 0 Å². The van der Waals surface area contributed by atoms with Gasteiger partial charge >= 0.3 is 0 Å². The van der Waals surface area contributed by atoms with Gasteiger partial charge in [-0.3, -0.25) is 4.31 Å². The van der Waals surface area contributed by atoms with Gasteiger partial charge in [-0.1, -0.05) is 36.4 Å². The first kappa shape index (κ1) is 10.9. The minimum atomic E-state index is -1.07. The Kier molecular flexibility index (Phi) is 3.37. The summed E-state index contributed by atoms with van der Waals surface area (Å²) in [6, 6.07) is 19.5. The van der Waals surface area contributed by atoms with Crippen LogP contribution in [0, 0.1) is 0 Å². The molecule has 0 heterocycles. The van der Waals surface area contributed by atoms with Gasteiger partial charge in [-0.2, -0.15) is 0 Å². The van der Waals surface area contributed by atoms with Gasteiger partial charge in [-0.15, -0.1) is 0 Å². The first-order valence-corrected chi connectivity index (χ1v) is 6.54. The van der Waals surface area contributed by atoms with Crippen LogP contribution in [0.1, 0.15) is 0 Å². The average Bonchev–Trinajstić information content (AvgIpc) is 2.31. The van der Waals surface area contributed by atoms with Gasteiger partial charge in [0, 0.05) is 6.26 Å². The Morgan fingerprint density at radius 2 is 1.19 bits per heavy atom. The monoisotopic (exact) mass is 231 g/mol. The first-order valence-electron chi connectivity index (χ1n) is 5.03. The second kappa shape index (κ2) is 4.94.